The summed E-state index contributed by atoms with van der Waals surface area (Å²) in [6.45, 7) is 0. The zero-order valence-electron chi connectivity index (χ0n) is 13.4. The van der Waals surface area contributed by atoms with Crippen LogP contribution in [0.4, 0.5) is 0 Å². The molecule has 3 rings (SSSR count). The summed E-state index contributed by atoms with van der Waals surface area (Å²) in [4.78, 5) is 16.2. The molecule has 0 aliphatic rings. The summed E-state index contributed by atoms with van der Waals surface area (Å²) >= 11 is 1.40. The van der Waals surface area contributed by atoms with Gasteiger partial charge < -0.3 is 19.3 Å². The Kier molecular flexibility index (Phi) is 4.30. The van der Waals surface area contributed by atoms with Gasteiger partial charge in [-0.3, -0.25) is 9.20 Å². The van der Waals surface area contributed by atoms with Gasteiger partial charge in [0.2, 0.25) is 5.75 Å². The molecule has 0 atom stereocenters. The van der Waals surface area contributed by atoms with Crippen LogP contribution in [0.1, 0.15) is 5.69 Å². The molecule has 7 nitrogen and oxygen atoms in total. The molecule has 0 aliphatic carbocycles. The zero-order valence-corrected chi connectivity index (χ0v) is 14.2. The average Bonchev–Trinajstić information content (AvgIpc) is 3.15. The summed E-state index contributed by atoms with van der Waals surface area (Å²) in [5.74, 6) is 0.706. The van der Waals surface area contributed by atoms with E-state index in [9.17, 15) is 4.79 Å². The Morgan fingerprint density at radius 3 is 2.42 bits per heavy atom. The van der Waals surface area contributed by atoms with E-state index >= 15 is 0 Å². The minimum absolute atomic E-state index is 0.0505. The molecular formula is C16H16N2O5S. The first-order valence-corrected chi connectivity index (χ1v) is 7.93. The maximum atomic E-state index is 10.9. The number of methoxy groups -OCH3 is 3. The van der Waals surface area contributed by atoms with Crippen molar-refractivity contribution < 1.29 is 24.1 Å². The smallest absolute Gasteiger partial charge is 0.309 e. The highest BCUT2D eigenvalue weighted by atomic mass is 32.1. The monoisotopic (exact) mass is 348 g/mol. The van der Waals surface area contributed by atoms with Crippen LogP contribution in [0.15, 0.2) is 23.7 Å². The third kappa shape index (κ3) is 2.76. The quantitative estimate of drug-likeness (QED) is 0.737. The van der Waals surface area contributed by atoms with Crippen molar-refractivity contribution in [3.05, 3.63) is 29.4 Å². The summed E-state index contributed by atoms with van der Waals surface area (Å²) in [5, 5.41) is 10.8. The topological polar surface area (TPSA) is 82.3 Å². The first-order chi connectivity index (χ1) is 11.6. The standard InChI is InChI=1S/C16H16N2O5S/c1-21-12-4-9(5-13(22-2)15(12)23-3)11-7-18-10(6-14(19)20)8-24-16(18)17-11/h4-5,7-8H,6H2,1-3H3,(H,19,20). The summed E-state index contributed by atoms with van der Waals surface area (Å²) < 4.78 is 17.8. The van der Waals surface area contributed by atoms with Gasteiger partial charge in [-0.2, -0.15) is 0 Å². The van der Waals surface area contributed by atoms with E-state index in [1.807, 2.05) is 18.3 Å². The van der Waals surface area contributed by atoms with Gasteiger partial charge in [0.25, 0.3) is 0 Å². The highest BCUT2D eigenvalue weighted by Gasteiger charge is 2.17. The second-order valence-corrected chi connectivity index (χ2v) is 5.83. The van der Waals surface area contributed by atoms with Crippen molar-refractivity contribution in [2.24, 2.45) is 0 Å². The van der Waals surface area contributed by atoms with Crippen LogP contribution in [0.5, 0.6) is 17.2 Å². The first kappa shape index (κ1) is 16.1. The minimum atomic E-state index is -0.877. The number of benzene rings is 1. The Balaban J connectivity index is 2.10. The highest BCUT2D eigenvalue weighted by molar-refractivity contribution is 7.15. The first-order valence-electron chi connectivity index (χ1n) is 7.05. The number of thiazole rings is 1. The minimum Gasteiger partial charge on any atom is -0.493 e. The lowest BCUT2D eigenvalue weighted by Gasteiger charge is -2.13. The molecule has 0 spiro atoms. The number of aromatic nitrogens is 2. The molecule has 0 saturated carbocycles. The Labute approximate surface area is 142 Å². The summed E-state index contributed by atoms with van der Waals surface area (Å²) in [6, 6.07) is 3.62. The third-order valence-electron chi connectivity index (χ3n) is 3.58. The van der Waals surface area contributed by atoms with Crippen molar-refractivity contribution in [3.63, 3.8) is 0 Å². The van der Waals surface area contributed by atoms with E-state index in [1.165, 1.54) is 11.3 Å². The molecule has 1 aromatic carbocycles. The van der Waals surface area contributed by atoms with Crippen molar-refractivity contribution in [3.8, 4) is 28.5 Å². The molecule has 0 aliphatic heterocycles. The molecule has 2 heterocycles. The van der Waals surface area contributed by atoms with Crippen molar-refractivity contribution in [2.75, 3.05) is 21.3 Å². The van der Waals surface area contributed by atoms with Gasteiger partial charge in [0, 0.05) is 22.8 Å². The van der Waals surface area contributed by atoms with E-state index in [1.54, 1.807) is 31.1 Å². The number of hydrogen-bond acceptors (Lipinski definition) is 6. The van der Waals surface area contributed by atoms with Crippen LogP contribution in [0, 0.1) is 0 Å². The van der Waals surface area contributed by atoms with E-state index in [0.29, 0.717) is 28.6 Å². The van der Waals surface area contributed by atoms with Crippen LogP contribution >= 0.6 is 11.3 Å². The Morgan fingerprint density at radius 2 is 1.88 bits per heavy atom. The number of ether oxygens (including phenoxy) is 3. The number of imidazole rings is 1. The Bertz CT molecular complexity index is 874. The van der Waals surface area contributed by atoms with Gasteiger partial charge in [0.15, 0.2) is 16.5 Å². The van der Waals surface area contributed by atoms with E-state index < -0.39 is 5.97 Å². The SMILES string of the molecule is COc1cc(-c2cn3c(CC(=O)O)csc3n2)cc(OC)c1OC. The van der Waals surface area contributed by atoms with E-state index in [0.717, 1.165) is 10.5 Å². The molecule has 0 amide bonds. The fourth-order valence-corrected chi connectivity index (χ4v) is 3.35. The molecule has 0 radical (unpaired) electrons. The number of carboxylic acids is 1. The zero-order chi connectivity index (χ0) is 17.3. The van der Waals surface area contributed by atoms with Gasteiger partial charge in [-0.05, 0) is 12.1 Å². The predicted octanol–water partition coefficient (Wildman–Crippen LogP) is 2.72. The van der Waals surface area contributed by atoms with E-state index in [2.05, 4.69) is 4.98 Å². The largest absolute Gasteiger partial charge is 0.493 e. The molecule has 2 aromatic heterocycles. The second-order valence-electron chi connectivity index (χ2n) is 4.99. The van der Waals surface area contributed by atoms with Crippen LogP contribution in [0.25, 0.3) is 16.2 Å². The molecule has 0 bridgehead atoms. The summed E-state index contributed by atoms with van der Waals surface area (Å²) in [6.07, 6.45) is 1.76. The van der Waals surface area contributed by atoms with Gasteiger partial charge >= 0.3 is 5.97 Å². The van der Waals surface area contributed by atoms with E-state index in [-0.39, 0.29) is 6.42 Å². The van der Waals surface area contributed by atoms with E-state index in [4.69, 9.17) is 19.3 Å². The number of fused-ring (bicyclic) bond motifs is 1. The lowest BCUT2D eigenvalue weighted by atomic mass is 10.1. The fourth-order valence-electron chi connectivity index (χ4n) is 2.48. The number of hydrogen-bond donors (Lipinski definition) is 1. The molecule has 1 N–H and O–H groups in total. The molecule has 0 saturated heterocycles. The summed E-state index contributed by atoms with van der Waals surface area (Å²) in [5.41, 5.74) is 2.18. The second kappa shape index (κ2) is 6.40. The molecule has 3 aromatic rings. The van der Waals surface area contributed by atoms with Crippen LogP contribution in [-0.2, 0) is 11.2 Å². The van der Waals surface area contributed by atoms with Gasteiger partial charge in [-0.15, -0.1) is 11.3 Å². The predicted molar refractivity (Wildman–Crippen MR) is 89.5 cm³/mol. The molecule has 126 valence electrons. The van der Waals surface area contributed by atoms with Crippen LogP contribution in [-0.4, -0.2) is 41.8 Å². The van der Waals surface area contributed by atoms with Crippen molar-refractivity contribution in [1.29, 1.82) is 0 Å². The lowest BCUT2D eigenvalue weighted by molar-refractivity contribution is -0.136. The molecule has 8 heteroatoms. The molecular weight excluding hydrogens is 332 g/mol. The van der Waals surface area contributed by atoms with Gasteiger partial charge in [-0.1, -0.05) is 0 Å². The lowest BCUT2D eigenvalue weighted by Crippen LogP contribution is -2.02. The molecule has 0 fully saturated rings. The van der Waals surface area contributed by atoms with Crippen LogP contribution < -0.4 is 14.2 Å². The van der Waals surface area contributed by atoms with Crippen LogP contribution in [0.3, 0.4) is 0 Å². The highest BCUT2D eigenvalue weighted by Crippen LogP contribution is 2.41. The Hall–Kier alpha value is -2.74. The maximum Gasteiger partial charge on any atom is 0.309 e. The molecule has 24 heavy (non-hydrogen) atoms. The van der Waals surface area contributed by atoms with Crippen LogP contribution in [0.2, 0.25) is 0 Å². The van der Waals surface area contributed by atoms with Crippen molar-refractivity contribution in [2.45, 2.75) is 6.42 Å². The van der Waals surface area contributed by atoms with Gasteiger partial charge in [0.1, 0.15) is 0 Å². The molecule has 0 unspecified atom stereocenters. The van der Waals surface area contributed by atoms with Crippen molar-refractivity contribution in [1.82, 2.24) is 9.38 Å². The summed E-state index contributed by atoms with van der Waals surface area (Å²) in [7, 11) is 4.65. The fraction of sp³-hybridized carbons (Fsp3) is 0.250. The maximum absolute atomic E-state index is 10.9. The Morgan fingerprint density at radius 1 is 1.21 bits per heavy atom. The third-order valence-corrected chi connectivity index (χ3v) is 4.46. The average molecular weight is 348 g/mol. The normalized spacial score (nSPS) is 10.8. The van der Waals surface area contributed by atoms with Gasteiger partial charge in [0.05, 0.1) is 33.4 Å². The number of rotatable bonds is 6. The number of carboxylic acid groups (broad SMARTS) is 1. The van der Waals surface area contributed by atoms with Gasteiger partial charge in [-0.25, -0.2) is 4.98 Å². The van der Waals surface area contributed by atoms with Crippen molar-refractivity contribution >= 4 is 22.3 Å². The number of carbonyl (C=O) groups is 1. The number of aliphatic carboxylic acids is 1. The number of nitrogens with zero attached hydrogens (tertiary/aromatic N) is 2.